The van der Waals surface area contributed by atoms with E-state index >= 15 is 0 Å². The van der Waals surface area contributed by atoms with Crippen LogP contribution in [0.2, 0.25) is 0 Å². The maximum Gasteiger partial charge on any atom is 0.338 e. The summed E-state index contributed by atoms with van der Waals surface area (Å²) in [5.41, 5.74) is 0.579. The average molecular weight is 534 g/mol. The number of aromatic nitrogens is 3. The summed E-state index contributed by atoms with van der Waals surface area (Å²) in [5.74, 6) is 0.406. The van der Waals surface area contributed by atoms with Gasteiger partial charge in [-0.3, -0.25) is 0 Å². The van der Waals surface area contributed by atoms with Crippen molar-refractivity contribution in [2.45, 2.75) is 46.5 Å². The number of esters is 2. The molecule has 0 saturated carbocycles. The zero-order valence-corrected chi connectivity index (χ0v) is 22.3. The Hall–Kier alpha value is -4.73. The minimum atomic E-state index is -0.523. The van der Waals surface area contributed by atoms with Crippen molar-refractivity contribution in [3.8, 4) is 41.0 Å². The van der Waals surface area contributed by atoms with E-state index in [4.69, 9.17) is 23.7 Å². The van der Waals surface area contributed by atoms with Crippen molar-refractivity contribution in [3.05, 3.63) is 72.8 Å². The summed E-state index contributed by atoms with van der Waals surface area (Å²) in [5, 5.41) is 0. The molecule has 0 amide bonds. The van der Waals surface area contributed by atoms with Crippen LogP contribution in [-0.4, -0.2) is 33.5 Å². The lowest BCUT2D eigenvalue weighted by Crippen LogP contribution is -2.08. The molecule has 1 aromatic heterocycles. The van der Waals surface area contributed by atoms with Gasteiger partial charge in [-0.05, 0) is 68.8 Å². The molecule has 0 aliphatic rings. The van der Waals surface area contributed by atoms with Crippen LogP contribution >= 0.6 is 0 Å². The van der Waals surface area contributed by atoms with Crippen LogP contribution in [0.5, 0.6) is 41.0 Å². The fourth-order valence-electron chi connectivity index (χ4n) is 2.92. The fraction of sp³-hybridized carbons (Fsp3) is 0.276. The van der Waals surface area contributed by atoms with Gasteiger partial charge >= 0.3 is 30.0 Å². The third-order valence-corrected chi connectivity index (χ3v) is 4.99. The van der Waals surface area contributed by atoms with Gasteiger partial charge in [-0.2, -0.15) is 0 Å². The first-order chi connectivity index (χ1) is 18.7. The predicted octanol–water partition coefficient (Wildman–Crippen LogP) is 6.38. The lowest BCUT2D eigenvalue weighted by Gasteiger charge is -2.10. The number of ether oxygens (including phenoxy) is 5. The Morgan fingerprint density at radius 1 is 0.641 bits per heavy atom. The van der Waals surface area contributed by atoms with Gasteiger partial charge in [-0.25, -0.2) is 9.59 Å². The van der Waals surface area contributed by atoms with Gasteiger partial charge < -0.3 is 23.7 Å². The van der Waals surface area contributed by atoms with E-state index in [1.807, 2.05) is 0 Å². The molecule has 0 bridgehead atoms. The number of rotatable bonds is 14. The molecule has 0 N–H and O–H groups in total. The molecule has 2 aromatic carbocycles. The molecule has 39 heavy (non-hydrogen) atoms. The molecule has 0 fully saturated rings. The lowest BCUT2D eigenvalue weighted by molar-refractivity contribution is -0.130. The molecule has 0 radical (unpaired) electrons. The quantitative estimate of drug-likeness (QED) is 0.0999. The number of carbonyl (C=O) groups is 2. The molecular formula is C29H31N3O7. The maximum atomic E-state index is 11.7. The predicted molar refractivity (Wildman–Crippen MR) is 143 cm³/mol. The van der Waals surface area contributed by atoms with Crippen LogP contribution in [0.3, 0.4) is 0 Å². The van der Waals surface area contributed by atoms with Crippen LogP contribution < -0.4 is 23.7 Å². The van der Waals surface area contributed by atoms with E-state index in [-0.39, 0.29) is 29.2 Å². The SMILES string of the molecule is C=C(C)C(=O)Oc1ccc(Oc2nc(OCCCCCC)nc(Oc3ccc(OC(=O)C(=C)C)cc3)n2)cc1. The summed E-state index contributed by atoms with van der Waals surface area (Å²) in [6.07, 6.45) is 4.09. The zero-order valence-electron chi connectivity index (χ0n) is 22.3. The second kappa shape index (κ2) is 14.3. The van der Waals surface area contributed by atoms with E-state index in [0.29, 0.717) is 29.6 Å². The number of unbranched alkanes of at least 4 members (excludes halogenated alkanes) is 3. The van der Waals surface area contributed by atoms with E-state index in [1.54, 1.807) is 62.4 Å². The summed E-state index contributed by atoms with van der Waals surface area (Å²) in [7, 11) is 0. The fourth-order valence-corrected chi connectivity index (χ4v) is 2.92. The highest BCUT2D eigenvalue weighted by Crippen LogP contribution is 2.27. The summed E-state index contributed by atoms with van der Waals surface area (Å²) >= 11 is 0. The Morgan fingerprint density at radius 3 is 1.46 bits per heavy atom. The first-order valence-electron chi connectivity index (χ1n) is 12.4. The molecule has 0 saturated heterocycles. The van der Waals surface area contributed by atoms with Crippen molar-refractivity contribution in [2.24, 2.45) is 0 Å². The van der Waals surface area contributed by atoms with Crippen LogP contribution in [-0.2, 0) is 9.59 Å². The summed E-state index contributed by atoms with van der Waals surface area (Å²) in [6.45, 7) is 12.8. The molecule has 204 valence electrons. The second-order valence-electron chi connectivity index (χ2n) is 8.58. The van der Waals surface area contributed by atoms with Crippen molar-refractivity contribution in [3.63, 3.8) is 0 Å². The van der Waals surface area contributed by atoms with Gasteiger partial charge in [0.1, 0.15) is 23.0 Å². The van der Waals surface area contributed by atoms with Crippen LogP contribution in [0.1, 0.15) is 46.5 Å². The molecule has 0 atom stereocenters. The molecule has 3 rings (SSSR count). The Bertz CT molecular complexity index is 1210. The number of benzene rings is 2. The van der Waals surface area contributed by atoms with Crippen LogP contribution in [0.4, 0.5) is 0 Å². The van der Waals surface area contributed by atoms with Gasteiger partial charge in [0, 0.05) is 11.1 Å². The minimum Gasteiger partial charge on any atom is -0.463 e. The molecule has 0 spiro atoms. The van der Waals surface area contributed by atoms with E-state index in [1.165, 1.54) is 0 Å². The molecule has 3 aromatic rings. The van der Waals surface area contributed by atoms with Gasteiger partial charge in [0.2, 0.25) is 0 Å². The summed E-state index contributed by atoms with van der Waals surface area (Å²) in [4.78, 5) is 36.1. The average Bonchev–Trinajstić information content (AvgIpc) is 2.90. The highest BCUT2D eigenvalue weighted by atomic mass is 16.5. The van der Waals surface area contributed by atoms with Crippen LogP contribution in [0.15, 0.2) is 72.8 Å². The Balaban J connectivity index is 1.75. The van der Waals surface area contributed by atoms with Gasteiger partial charge in [-0.15, -0.1) is 15.0 Å². The van der Waals surface area contributed by atoms with Crippen molar-refractivity contribution in [1.29, 1.82) is 0 Å². The second-order valence-corrected chi connectivity index (χ2v) is 8.58. The van der Waals surface area contributed by atoms with E-state index in [9.17, 15) is 9.59 Å². The number of nitrogens with zero attached hydrogens (tertiary/aromatic N) is 3. The van der Waals surface area contributed by atoms with Gasteiger partial charge in [0.05, 0.1) is 6.61 Å². The van der Waals surface area contributed by atoms with Crippen molar-refractivity contribution < 1.29 is 33.3 Å². The molecule has 1 heterocycles. The largest absolute Gasteiger partial charge is 0.463 e. The molecule has 10 nitrogen and oxygen atoms in total. The molecular weight excluding hydrogens is 502 g/mol. The first kappa shape index (κ1) is 28.8. The van der Waals surface area contributed by atoms with E-state index < -0.39 is 11.9 Å². The van der Waals surface area contributed by atoms with Gasteiger partial charge in [0.15, 0.2) is 0 Å². The molecule has 0 aliphatic carbocycles. The highest BCUT2D eigenvalue weighted by molar-refractivity contribution is 5.89. The molecule has 0 aliphatic heterocycles. The lowest BCUT2D eigenvalue weighted by atomic mass is 10.2. The Kier molecular flexibility index (Phi) is 10.6. The van der Waals surface area contributed by atoms with Crippen molar-refractivity contribution in [2.75, 3.05) is 6.61 Å². The van der Waals surface area contributed by atoms with Crippen molar-refractivity contribution in [1.82, 2.24) is 15.0 Å². The first-order valence-corrected chi connectivity index (χ1v) is 12.4. The highest BCUT2D eigenvalue weighted by Gasteiger charge is 2.13. The maximum absolute atomic E-state index is 11.7. The standard InChI is InChI=1S/C29H31N3O7/c1-6-7-8-9-18-35-27-30-28(38-23-14-10-21(11-15-23)36-25(33)19(2)3)32-29(31-27)39-24-16-12-22(13-17-24)37-26(34)20(4)5/h10-17H,2,4,6-9,18H2,1,3,5H3. The Morgan fingerprint density at radius 2 is 1.05 bits per heavy atom. The third-order valence-electron chi connectivity index (χ3n) is 4.99. The van der Waals surface area contributed by atoms with E-state index in [2.05, 4.69) is 35.0 Å². The molecule has 0 unspecified atom stereocenters. The molecule has 10 heteroatoms. The van der Waals surface area contributed by atoms with Crippen molar-refractivity contribution >= 4 is 11.9 Å². The number of carbonyl (C=O) groups excluding carboxylic acids is 2. The summed E-state index contributed by atoms with van der Waals surface area (Å²) < 4.78 is 27.7. The van der Waals surface area contributed by atoms with Gasteiger partial charge in [-0.1, -0.05) is 39.3 Å². The smallest absolute Gasteiger partial charge is 0.338 e. The normalized spacial score (nSPS) is 10.3. The third kappa shape index (κ3) is 9.58. The monoisotopic (exact) mass is 533 g/mol. The van der Waals surface area contributed by atoms with Gasteiger partial charge in [0.25, 0.3) is 0 Å². The number of hydrogen-bond acceptors (Lipinski definition) is 10. The van der Waals surface area contributed by atoms with Crippen LogP contribution in [0.25, 0.3) is 0 Å². The number of hydrogen-bond donors (Lipinski definition) is 0. The topological polar surface area (TPSA) is 119 Å². The minimum absolute atomic E-state index is 0.0468. The zero-order chi connectivity index (χ0) is 28.2. The van der Waals surface area contributed by atoms with Crippen LogP contribution in [0, 0.1) is 0 Å². The Labute approximate surface area is 227 Å². The summed E-state index contributed by atoms with van der Waals surface area (Å²) in [6, 6.07) is 12.6. The van der Waals surface area contributed by atoms with E-state index in [0.717, 1.165) is 25.7 Å².